The van der Waals surface area contributed by atoms with E-state index in [0.717, 1.165) is 38.3 Å². The minimum Gasteiger partial charge on any atom is -0.374 e. The van der Waals surface area contributed by atoms with Crippen LogP contribution in [0.4, 0.5) is 0 Å². The van der Waals surface area contributed by atoms with Crippen molar-refractivity contribution in [1.29, 1.82) is 0 Å². The van der Waals surface area contributed by atoms with Gasteiger partial charge in [-0.3, -0.25) is 0 Å². The number of ether oxygens (including phenoxy) is 1. The van der Waals surface area contributed by atoms with Crippen LogP contribution in [0.3, 0.4) is 0 Å². The summed E-state index contributed by atoms with van der Waals surface area (Å²) in [6.07, 6.45) is 5.79. The zero-order valence-electron chi connectivity index (χ0n) is 10.3. The number of aromatic nitrogens is 2. The molecular formula is C12H20N4O. The Labute approximate surface area is 102 Å². The molecule has 1 atom stereocenters. The number of hydrogen-bond acceptors (Lipinski definition) is 4. The van der Waals surface area contributed by atoms with E-state index in [1.807, 2.05) is 12.4 Å². The zero-order chi connectivity index (χ0) is 12.1. The first-order valence-corrected chi connectivity index (χ1v) is 5.94. The highest BCUT2D eigenvalue weighted by atomic mass is 16.5. The summed E-state index contributed by atoms with van der Waals surface area (Å²) in [5.41, 5.74) is 1.16. The van der Waals surface area contributed by atoms with Crippen molar-refractivity contribution in [3.63, 3.8) is 0 Å². The molecule has 1 unspecified atom stereocenters. The van der Waals surface area contributed by atoms with Crippen molar-refractivity contribution in [2.75, 3.05) is 33.3 Å². The Morgan fingerprint density at radius 3 is 3.29 bits per heavy atom. The minimum absolute atomic E-state index is 0.295. The maximum Gasteiger partial charge on any atom is 0.0826 e. The predicted molar refractivity (Wildman–Crippen MR) is 67.6 cm³/mol. The summed E-state index contributed by atoms with van der Waals surface area (Å²) in [5.74, 6) is 0. The van der Waals surface area contributed by atoms with Crippen LogP contribution in [0.15, 0.2) is 19.0 Å². The molecule has 2 heterocycles. The van der Waals surface area contributed by atoms with Gasteiger partial charge in [0.15, 0.2) is 0 Å². The largest absolute Gasteiger partial charge is 0.374 e. The molecule has 1 fully saturated rings. The van der Waals surface area contributed by atoms with Gasteiger partial charge in [0.1, 0.15) is 0 Å². The lowest BCUT2D eigenvalue weighted by molar-refractivity contribution is -0.0182. The molecule has 94 valence electrons. The van der Waals surface area contributed by atoms with Gasteiger partial charge in [-0.05, 0) is 7.05 Å². The highest BCUT2D eigenvalue weighted by Crippen LogP contribution is 2.02. The Hall–Kier alpha value is -1.17. The van der Waals surface area contributed by atoms with Crippen LogP contribution in [0, 0.1) is 0 Å². The van der Waals surface area contributed by atoms with Gasteiger partial charge < -0.3 is 15.0 Å². The maximum atomic E-state index is 5.67. The SMILES string of the molecule is C=Cn1cc(CNCC2CN(C)CCO2)cn1. The van der Waals surface area contributed by atoms with E-state index in [-0.39, 0.29) is 0 Å². The zero-order valence-corrected chi connectivity index (χ0v) is 10.3. The summed E-state index contributed by atoms with van der Waals surface area (Å²) in [7, 11) is 2.13. The predicted octanol–water partition coefficient (Wildman–Crippen LogP) is 0.404. The molecule has 1 N–H and O–H groups in total. The lowest BCUT2D eigenvalue weighted by Gasteiger charge is -2.30. The lowest BCUT2D eigenvalue weighted by atomic mass is 10.2. The topological polar surface area (TPSA) is 42.3 Å². The van der Waals surface area contributed by atoms with Gasteiger partial charge in [0.2, 0.25) is 0 Å². The van der Waals surface area contributed by atoms with Gasteiger partial charge >= 0.3 is 0 Å². The van der Waals surface area contributed by atoms with Crippen molar-refractivity contribution >= 4 is 6.20 Å². The van der Waals surface area contributed by atoms with E-state index in [2.05, 4.69) is 28.9 Å². The fourth-order valence-corrected chi connectivity index (χ4v) is 1.94. The van der Waals surface area contributed by atoms with E-state index in [9.17, 15) is 0 Å². The molecule has 0 spiro atoms. The minimum atomic E-state index is 0.295. The molecule has 1 aromatic rings. The smallest absolute Gasteiger partial charge is 0.0826 e. The number of hydrogen-bond donors (Lipinski definition) is 1. The summed E-state index contributed by atoms with van der Waals surface area (Å²) in [5, 5.41) is 7.52. The quantitative estimate of drug-likeness (QED) is 0.804. The molecule has 17 heavy (non-hydrogen) atoms. The normalized spacial score (nSPS) is 21.6. The Morgan fingerprint density at radius 2 is 2.59 bits per heavy atom. The Morgan fingerprint density at radius 1 is 1.71 bits per heavy atom. The summed E-state index contributed by atoms with van der Waals surface area (Å²) >= 11 is 0. The molecule has 1 aliphatic rings. The standard InChI is InChI=1S/C12H20N4O/c1-3-16-9-11(7-14-16)6-13-8-12-10-15(2)4-5-17-12/h3,7,9,12-13H,1,4-6,8,10H2,2H3. The van der Waals surface area contributed by atoms with Gasteiger partial charge in [0.05, 0.1) is 18.9 Å². The highest BCUT2D eigenvalue weighted by Gasteiger charge is 2.16. The first kappa shape index (κ1) is 12.3. The fourth-order valence-electron chi connectivity index (χ4n) is 1.94. The van der Waals surface area contributed by atoms with Crippen LogP contribution >= 0.6 is 0 Å². The second kappa shape index (κ2) is 5.95. The molecule has 2 rings (SSSR count). The molecule has 1 saturated heterocycles. The summed E-state index contributed by atoms with van der Waals surface area (Å²) in [6, 6.07) is 0. The van der Waals surface area contributed by atoms with Crippen molar-refractivity contribution in [3.8, 4) is 0 Å². The highest BCUT2D eigenvalue weighted by molar-refractivity contribution is 5.17. The van der Waals surface area contributed by atoms with Crippen LogP contribution < -0.4 is 5.32 Å². The summed E-state index contributed by atoms with van der Waals surface area (Å²) < 4.78 is 7.38. The molecular weight excluding hydrogens is 216 g/mol. The first-order valence-electron chi connectivity index (χ1n) is 5.94. The number of morpholine rings is 1. The summed E-state index contributed by atoms with van der Waals surface area (Å²) in [6.45, 7) is 8.22. The van der Waals surface area contributed by atoms with Crippen LogP contribution in [0.25, 0.3) is 6.20 Å². The molecule has 0 bridgehead atoms. The second-order valence-corrected chi connectivity index (χ2v) is 4.40. The van der Waals surface area contributed by atoms with E-state index in [4.69, 9.17) is 4.74 Å². The van der Waals surface area contributed by atoms with Crippen LogP contribution in [0.5, 0.6) is 0 Å². The Kier molecular flexibility index (Phi) is 4.30. The Balaban J connectivity index is 1.70. The lowest BCUT2D eigenvalue weighted by Crippen LogP contribution is -2.44. The first-order chi connectivity index (χ1) is 8.28. The molecule has 1 aromatic heterocycles. The van der Waals surface area contributed by atoms with Crippen molar-refractivity contribution in [2.24, 2.45) is 0 Å². The van der Waals surface area contributed by atoms with Crippen molar-refractivity contribution in [3.05, 3.63) is 24.5 Å². The van der Waals surface area contributed by atoms with Gasteiger partial charge in [-0.1, -0.05) is 6.58 Å². The average Bonchev–Trinajstić information content (AvgIpc) is 2.77. The molecule has 5 heteroatoms. The third kappa shape index (κ3) is 3.66. The van der Waals surface area contributed by atoms with Crippen LogP contribution in [-0.4, -0.2) is 54.1 Å². The number of likely N-dealkylation sites (N-methyl/N-ethyl adjacent to an activating group) is 1. The van der Waals surface area contributed by atoms with E-state index in [1.165, 1.54) is 0 Å². The van der Waals surface area contributed by atoms with Crippen molar-refractivity contribution < 1.29 is 4.74 Å². The van der Waals surface area contributed by atoms with Gasteiger partial charge in [-0.15, -0.1) is 0 Å². The van der Waals surface area contributed by atoms with Gasteiger partial charge in [-0.2, -0.15) is 5.10 Å². The van der Waals surface area contributed by atoms with Crippen molar-refractivity contribution in [2.45, 2.75) is 12.6 Å². The van der Waals surface area contributed by atoms with Gasteiger partial charge in [0, 0.05) is 44.1 Å². The van der Waals surface area contributed by atoms with Crippen LogP contribution in [-0.2, 0) is 11.3 Å². The molecule has 1 aliphatic heterocycles. The molecule has 0 aromatic carbocycles. The molecule has 0 aliphatic carbocycles. The maximum absolute atomic E-state index is 5.67. The van der Waals surface area contributed by atoms with Crippen molar-refractivity contribution in [1.82, 2.24) is 20.0 Å². The number of nitrogens with one attached hydrogen (secondary N) is 1. The number of rotatable bonds is 5. The molecule has 0 saturated carbocycles. The second-order valence-electron chi connectivity index (χ2n) is 4.40. The molecule has 5 nitrogen and oxygen atoms in total. The molecule has 0 radical (unpaired) electrons. The third-order valence-electron chi connectivity index (χ3n) is 2.89. The van der Waals surface area contributed by atoms with E-state index in [0.29, 0.717) is 6.10 Å². The van der Waals surface area contributed by atoms with E-state index in [1.54, 1.807) is 10.9 Å². The van der Waals surface area contributed by atoms with Crippen LogP contribution in [0.1, 0.15) is 5.56 Å². The van der Waals surface area contributed by atoms with E-state index >= 15 is 0 Å². The van der Waals surface area contributed by atoms with Gasteiger partial charge in [0.25, 0.3) is 0 Å². The van der Waals surface area contributed by atoms with E-state index < -0.39 is 0 Å². The van der Waals surface area contributed by atoms with Crippen LogP contribution in [0.2, 0.25) is 0 Å². The fraction of sp³-hybridized carbons (Fsp3) is 0.583. The number of nitrogens with zero attached hydrogens (tertiary/aromatic N) is 3. The van der Waals surface area contributed by atoms with Gasteiger partial charge in [-0.25, -0.2) is 4.68 Å². The third-order valence-corrected chi connectivity index (χ3v) is 2.89. The Bertz CT molecular complexity index is 363. The summed E-state index contributed by atoms with van der Waals surface area (Å²) in [4.78, 5) is 2.30. The monoisotopic (exact) mass is 236 g/mol. The molecule has 0 amide bonds. The average molecular weight is 236 g/mol.